The monoisotopic (exact) mass is 270 g/mol. The van der Waals surface area contributed by atoms with Crippen molar-refractivity contribution in [2.75, 3.05) is 24.5 Å². The van der Waals surface area contributed by atoms with E-state index in [-0.39, 0.29) is 5.91 Å². The molecule has 1 saturated carbocycles. The van der Waals surface area contributed by atoms with Crippen LogP contribution < -0.4 is 4.90 Å². The van der Waals surface area contributed by atoms with Gasteiger partial charge in [-0.25, -0.2) is 0 Å². The summed E-state index contributed by atoms with van der Waals surface area (Å²) in [6, 6.07) is 3.93. The molecule has 2 aliphatic rings. The number of hydrogen-bond donors (Lipinski definition) is 0. The lowest BCUT2D eigenvalue weighted by Gasteiger charge is -2.19. The molecule has 5 heteroatoms. The van der Waals surface area contributed by atoms with Crippen molar-refractivity contribution >= 4 is 11.7 Å². The second-order valence-electron chi connectivity index (χ2n) is 5.34. The zero-order valence-corrected chi connectivity index (χ0v) is 11.5. The molecule has 1 aliphatic heterocycles. The zero-order valence-electron chi connectivity index (χ0n) is 11.5. The number of carbonyl (C=O) groups is 1. The van der Waals surface area contributed by atoms with Gasteiger partial charge in [0.25, 0.3) is 5.91 Å². The van der Waals surface area contributed by atoms with Gasteiger partial charge in [0.15, 0.2) is 11.5 Å². The average molecular weight is 270 g/mol. The van der Waals surface area contributed by atoms with Crippen LogP contribution in [0.25, 0.3) is 0 Å². The van der Waals surface area contributed by atoms with Gasteiger partial charge in [0.2, 0.25) is 0 Å². The standard InChI is InChI=1S/C15H18N4O/c1-2-9-19(12-5-6-12)15(20)13-7-8-14(17-16-13)18-10-3-4-11-18/h1,7-8,12H,3-6,9-11H2. The molecule has 3 rings (SSSR count). The molecule has 20 heavy (non-hydrogen) atoms. The van der Waals surface area contributed by atoms with Gasteiger partial charge < -0.3 is 9.80 Å². The fourth-order valence-electron chi connectivity index (χ4n) is 2.55. The smallest absolute Gasteiger partial charge is 0.275 e. The Bertz CT molecular complexity index is 524. The van der Waals surface area contributed by atoms with Gasteiger partial charge in [-0.15, -0.1) is 16.6 Å². The van der Waals surface area contributed by atoms with Crippen LogP contribution in [0.2, 0.25) is 0 Å². The Morgan fingerprint density at radius 2 is 2.10 bits per heavy atom. The van der Waals surface area contributed by atoms with Crippen LogP contribution >= 0.6 is 0 Å². The van der Waals surface area contributed by atoms with Crippen molar-refractivity contribution in [1.29, 1.82) is 0 Å². The number of anilines is 1. The first kappa shape index (κ1) is 12.9. The molecule has 0 aromatic carbocycles. The summed E-state index contributed by atoms with van der Waals surface area (Å²) in [6.07, 6.45) is 9.79. The van der Waals surface area contributed by atoms with Crippen LogP contribution in [0.3, 0.4) is 0 Å². The van der Waals surface area contributed by atoms with Gasteiger partial charge in [-0.2, -0.15) is 0 Å². The summed E-state index contributed by atoms with van der Waals surface area (Å²) in [5.41, 5.74) is 0.384. The zero-order chi connectivity index (χ0) is 13.9. The molecule has 0 radical (unpaired) electrons. The molecule has 1 aromatic rings. The van der Waals surface area contributed by atoms with Crippen molar-refractivity contribution in [1.82, 2.24) is 15.1 Å². The fourth-order valence-corrected chi connectivity index (χ4v) is 2.55. The first-order chi connectivity index (χ1) is 9.79. The molecule has 2 heterocycles. The van der Waals surface area contributed by atoms with E-state index in [2.05, 4.69) is 21.0 Å². The third-order valence-electron chi connectivity index (χ3n) is 3.81. The topological polar surface area (TPSA) is 49.3 Å². The predicted molar refractivity (Wildman–Crippen MR) is 76.4 cm³/mol. The highest BCUT2D eigenvalue weighted by Crippen LogP contribution is 2.27. The first-order valence-corrected chi connectivity index (χ1v) is 7.12. The van der Waals surface area contributed by atoms with E-state index in [0.717, 1.165) is 31.7 Å². The Morgan fingerprint density at radius 3 is 2.65 bits per heavy atom. The maximum Gasteiger partial charge on any atom is 0.275 e. The molecule has 0 unspecified atom stereocenters. The van der Waals surface area contributed by atoms with E-state index in [1.807, 2.05) is 6.07 Å². The second kappa shape index (κ2) is 5.49. The van der Waals surface area contributed by atoms with Gasteiger partial charge in [0.05, 0.1) is 6.54 Å². The number of terminal acetylenes is 1. The number of aromatic nitrogens is 2. The summed E-state index contributed by atoms with van der Waals surface area (Å²) in [7, 11) is 0. The molecule has 0 spiro atoms. The van der Waals surface area contributed by atoms with E-state index in [4.69, 9.17) is 6.42 Å². The molecule has 104 valence electrons. The molecule has 0 bridgehead atoms. The summed E-state index contributed by atoms with van der Waals surface area (Å²) in [6.45, 7) is 2.39. The molecular formula is C15H18N4O. The molecule has 2 fully saturated rings. The molecule has 5 nitrogen and oxygen atoms in total. The summed E-state index contributed by atoms with van der Waals surface area (Å²) in [5, 5.41) is 8.27. The van der Waals surface area contributed by atoms with Gasteiger partial charge in [-0.3, -0.25) is 4.79 Å². The maximum atomic E-state index is 12.4. The summed E-state index contributed by atoms with van der Waals surface area (Å²) >= 11 is 0. The molecular weight excluding hydrogens is 252 g/mol. The summed E-state index contributed by atoms with van der Waals surface area (Å²) in [5.74, 6) is 3.29. The van der Waals surface area contributed by atoms with Gasteiger partial charge in [0.1, 0.15) is 0 Å². The normalized spacial score (nSPS) is 17.9. The highest BCUT2D eigenvalue weighted by atomic mass is 16.2. The number of rotatable bonds is 4. The third kappa shape index (κ3) is 2.60. The van der Waals surface area contributed by atoms with Crippen LogP contribution in [0.4, 0.5) is 5.82 Å². The van der Waals surface area contributed by atoms with Crippen molar-refractivity contribution in [3.05, 3.63) is 17.8 Å². The Morgan fingerprint density at radius 1 is 1.35 bits per heavy atom. The molecule has 1 saturated heterocycles. The van der Waals surface area contributed by atoms with Gasteiger partial charge >= 0.3 is 0 Å². The quantitative estimate of drug-likeness (QED) is 0.774. The molecule has 1 amide bonds. The second-order valence-corrected chi connectivity index (χ2v) is 5.34. The lowest BCUT2D eigenvalue weighted by atomic mass is 10.3. The molecule has 1 aromatic heterocycles. The lowest BCUT2D eigenvalue weighted by Crippen LogP contribution is -2.34. The van der Waals surface area contributed by atoms with E-state index >= 15 is 0 Å². The molecule has 0 N–H and O–H groups in total. The van der Waals surface area contributed by atoms with E-state index < -0.39 is 0 Å². The van der Waals surface area contributed by atoms with Crippen molar-refractivity contribution in [2.45, 2.75) is 31.7 Å². The van der Waals surface area contributed by atoms with E-state index in [1.165, 1.54) is 12.8 Å². The van der Waals surface area contributed by atoms with Crippen LogP contribution in [0.15, 0.2) is 12.1 Å². The SMILES string of the molecule is C#CCN(C(=O)c1ccc(N2CCCC2)nn1)C1CC1. The fraction of sp³-hybridized carbons (Fsp3) is 0.533. The predicted octanol–water partition coefficient (Wildman–Crippen LogP) is 1.31. The van der Waals surface area contributed by atoms with Gasteiger partial charge in [-0.05, 0) is 37.8 Å². The van der Waals surface area contributed by atoms with Crippen molar-refractivity contribution in [3.8, 4) is 12.3 Å². The lowest BCUT2D eigenvalue weighted by molar-refractivity contribution is 0.0758. The highest BCUT2D eigenvalue weighted by Gasteiger charge is 2.33. The van der Waals surface area contributed by atoms with E-state index in [1.54, 1.807) is 11.0 Å². The van der Waals surface area contributed by atoms with E-state index in [0.29, 0.717) is 18.3 Å². The van der Waals surface area contributed by atoms with Crippen LogP contribution in [0, 0.1) is 12.3 Å². The largest absolute Gasteiger partial charge is 0.355 e. The third-order valence-corrected chi connectivity index (χ3v) is 3.81. The minimum atomic E-state index is -0.106. The van der Waals surface area contributed by atoms with Gasteiger partial charge in [-0.1, -0.05) is 5.92 Å². The number of amides is 1. The van der Waals surface area contributed by atoms with E-state index in [9.17, 15) is 4.79 Å². The summed E-state index contributed by atoms with van der Waals surface area (Å²) in [4.78, 5) is 16.3. The Hall–Kier alpha value is -2.09. The molecule has 0 atom stereocenters. The number of carbonyl (C=O) groups excluding carboxylic acids is 1. The van der Waals surface area contributed by atoms with Crippen LogP contribution in [0.5, 0.6) is 0 Å². The van der Waals surface area contributed by atoms with Crippen LogP contribution in [-0.2, 0) is 0 Å². The maximum absolute atomic E-state index is 12.4. The number of nitrogens with zero attached hydrogens (tertiary/aromatic N) is 4. The van der Waals surface area contributed by atoms with Crippen LogP contribution in [0.1, 0.15) is 36.2 Å². The van der Waals surface area contributed by atoms with Gasteiger partial charge in [0, 0.05) is 19.1 Å². The Kier molecular flexibility index (Phi) is 3.55. The summed E-state index contributed by atoms with van der Waals surface area (Å²) < 4.78 is 0. The van der Waals surface area contributed by atoms with Crippen molar-refractivity contribution < 1.29 is 4.79 Å². The van der Waals surface area contributed by atoms with Crippen LogP contribution in [-0.4, -0.2) is 46.7 Å². The molecule has 1 aliphatic carbocycles. The van der Waals surface area contributed by atoms with Crippen molar-refractivity contribution in [2.24, 2.45) is 0 Å². The Labute approximate surface area is 119 Å². The highest BCUT2D eigenvalue weighted by molar-refractivity contribution is 5.92. The first-order valence-electron chi connectivity index (χ1n) is 7.12. The minimum Gasteiger partial charge on any atom is -0.355 e. The average Bonchev–Trinajstić information content (AvgIpc) is 3.17. The van der Waals surface area contributed by atoms with Crippen molar-refractivity contribution in [3.63, 3.8) is 0 Å². The Balaban J connectivity index is 1.72. The number of hydrogen-bond acceptors (Lipinski definition) is 4. The minimum absolute atomic E-state index is 0.106.